The average Bonchev–Trinajstić information content (AvgIpc) is 2.19. The Morgan fingerprint density at radius 3 is 3.14 bits per heavy atom. The number of hydrogen-bond donors (Lipinski definition) is 1. The smallest absolute Gasteiger partial charge is 0.171 e. The van der Waals surface area contributed by atoms with Gasteiger partial charge in [0.2, 0.25) is 0 Å². The van der Waals surface area contributed by atoms with Crippen molar-refractivity contribution in [3.63, 3.8) is 0 Å². The predicted molar refractivity (Wildman–Crippen MR) is 61.0 cm³/mol. The summed E-state index contributed by atoms with van der Waals surface area (Å²) in [5.41, 5.74) is 0. The Morgan fingerprint density at radius 2 is 2.50 bits per heavy atom. The molecule has 1 heterocycles. The number of rotatable bonds is 5. The van der Waals surface area contributed by atoms with E-state index in [4.69, 9.17) is 17.0 Å². The van der Waals surface area contributed by atoms with E-state index in [1.165, 1.54) is 0 Å². The highest BCUT2D eigenvalue weighted by atomic mass is 32.1. The van der Waals surface area contributed by atoms with Gasteiger partial charge in [-0.05, 0) is 12.2 Å². The second-order valence-electron chi connectivity index (χ2n) is 3.18. The molecular weight excluding hydrogens is 198 g/mol. The summed E-state index contributed by atoms with van der Waals surface area (Å²) in [4.78, 5) is 4.31. The molecule has 1 aliphatic heterocycles. The van der Waals surface area contributed by atoms with Crippen LogP contribution in [0.1, 0.15) is 0 Å². The summed E-state index contributed by atoms with van der Waals surface area (Å²) >= 11 is 5.17. The lowest BCUT2D eigenvalue weighted by atomic mass is 10.4. The van der Waals surface area contributed by atoms with Crippen molar-refractivity contribution in [1.29, 1.82) is 0 Å². The van der Waals surface area contributed by atoms with E-state index in [0.29, 0.717) is 0 Å². The summed E-state index contributed by atoms with van der Waals surface area (Å²) in [6, 6.07) is 0. The van der Waals surface area contributed by atoms with Gasteiger partial charge in [0.05, 0.1) is 19.9 Å². The minimum absolute atomic E-state index is 0.746. The molecule has 4 nitrogen and oxygen atoms in total. The number of nitrogens with one attached hydrogen (secondary N) is 1. The molecule has 0 radical (unpaired) electrons. The number of thiocarbonyl (C=S) groups is 1. The van der Waals surface area contributed by atoms with Crippen LogP contribution in [0.25, 0.3) is 0 Å². The molecule has 1 fully saturated rings. The van der Waals surface area contributed by atoms with Gasteiger partial charge in [-0.15, -0.1) is 6.58 Å². The molecule has 0 aromatic heterocycles. The second kappa shape index (κ2) is 5.95. The molecule has 80 valence electrons. The van der Waals surface area contributed by atoms with Crippen LogP contribution in [0.15, 0.2) is 12.7 Å². The van der Waals surface area contributed by atoms with Gasteiger partial charge in [0, 0.05) is 20.2 Å². The van der Waals surface area contributed by atoms with Crippen molar-refractivity contribution in [2.75, 3.05) is 40.1 Å². The molecule has 1 aliphatic rings. The maximum Gasteiger partial charge on any atom is 0.171 e. The monoisotopic (exact) mass is 215 g/mol. The van der Waals surface area contributed by atoms with Crippen LogP contribution in [-0.4, -0.2) is 55.1 Å². The van der Waals surface area contributed by atoms with E-state index < -0.39 is 0 Å². The molecule has 0 spiro atoms. The Balaban J connectivity index is 2.36. The van der Waals surface area contributed by atoms with Gasteiger partial charge < -0.3 is 15.0 Å². The van der Waals surface area contributed by atoms with E-state index in [2.05, 4.69) is 21.7 Å². The summed E-state index contributed by atoms with van der Waals surface area (Å²) < 4.78 is 5.03. The molecule has 0 aromatic rings. The van der Waals surface area contributed by atoms with Crippen LogP contribution in [0.2, 0.25) is 0 Å². The van der Waals surface area contributed by atoms with Gasteiger partial charge in [0.15, 0.2) is 5.11 Å². The topological polar surface area (TPSA) is 27.7 Å². The fourth-order valence-electron chi connectivity index (χ4n) is 1.31. The molecule has 0 atom stereocenters. The number of hydrogen-bond acceptors (Lipinski definition) is 3. The van der Waals surface area contributed by atoms with E-state index >= 15 is 0 Å². The van der Waals surface area contributed by atoms with Crippen molar-refractivity contribution >= 4 is 17.3 Å². The molecule has 0 bridgehead atoms. The minimum Gasteiger partial charge on any atom is -0.383 e. The molecule has 5 heteroatoms. The van der Waals surface area contributed by atoms with Gasteiger partial charge in [0.1, 0.15) is 0 Å². The predicted octanol–water partition coefficient (Wildman–Crippen LogP) is 0.226. The Labute approximate surface area is 90.5 Å². The molecule has 0 unspecified atom stereocenters. The van der Waals surface area contributed by atoms with Gasteiger partial charge in [-0.2, -0.15) is 0 Å². The van der Waals surface area contributed by atoms with E-state index in [1.807, 2.05) is 6.08 Å². The van der Waals surface area contributed by atoms with Crippen LogP contribution in [0.3, 0.4) is 0 Å². The first-order chi connectivity index (χ1) is 6.77. The highest BCUT2D eigenvalue weighted by Gasteiger charge is 2.18. The Kier molecular flexibility index (Phi) is 4.86. The molecule has 1 N–H and O–H groups in total. The first-order valence-electron chi connectivity index (χ1n) is 4.63. The second-order valence-corrected chi connectivity index (χ2v) is 3.57. The summed E-state index contributed by atoms with van der Waals surface area (Å²) in [6.07, 6.45) is 1.85. The number of nitrogens with zero attached hydrogens (tertiary/aromatic N) is 2. The maximum atomic E-state index is 5.17. The zero-order valence-corrected chi connectivity index (χ0v) is 9.35. The third-order valence-electron chi connectivity index (χ3n) is 2.07. The third-order valence-corrected chi connectivity index (χ3v) is 2.48. The summed E-state index contributed by atoms with van der Waals surface area (Å²) in [7, 11) is 1.71. The molecular formula is C9H17N3OS. The SMILES string of the molecule is C=CCN1CN(CCOC)CNC1=S. The van der Waals surface area contributed by atoms with Gasteiger partial charge in [-0.3, -0.25) is 4.90 Å². The molecule has 1 saturated heterocycles. The zero-order chi connectivity index (χ0) is 10.4. The molecule has 14 heavy (non-hydrogen) atoms. The Morgan fingerprint density at radius 1 is 1.71 bits per heavy atom. The zero-order valence-electron chi connectivity index (χ0n) is 8.53. The van der Waals surface area contributed by atoms with Crippen molar-refractivity contribution < 1.29 is 4.74 Å². The summed E-state index contributed by atoms with van der Waals surface area (Å²) in [6.45, 7) is 7.80. The summed E-state index contributed by atoms with van der Waals surface area (Å²) in [5.74, 6) is 0. The normalized spacial score (nSPS) is 18.1. The van der Waals surface area contributed by atoms with Gasteiger partial charge in [-0.1, -0.05) is 6.08 Å². The van der Waals surface area contributed by atoms with Crippen molar-refractivity contribution in [2.45, 2.75) is 0 Å². The van der Waals surface area contributed by atoms with Crippen LogP contribution >= 0.6 is 12.2 Å². The third kappa shape index (κ3) is 3.25. The van der Waals surface area contributed by atoms with Crippen LogP contribution in [0, 0.1) is 0 Å². The fourth-order valence-corrected chi connectivity index (χ4v) is 1.51. The van der Waals surface area contributed by atoms with Crippen molar-refractivity contribution in [3.05, 3.63) is 12.7 Å². The lowest BCUT2D eigenvalue weighted by molar-refractivity contribution is 0.107. The number of ether oxygens (including phenoxy) is 1. The van der Waals surface area contributed by atoms with Crippen LogP contribution in [0.4, 0.5) is 0 Å². The minimum atomic E-state index is 0.746. The highest BCUT2D eigenvalue weighted by molar-refractivity contribution is 7.80. The fraction of sp³-hybridized carbons (Fsp3) is 0.667. The molecule has 0 aliphatic carbocycles. The van der Waals surface area contributed by atoms with Crippen molar-refractivity contribution in [1.82, 2.24) is 15.1 Å². The van der Waals surface area contributed by atoms with E-state index in [-0.39, 0.29) is 0 Å². The largest absolute Gasteiger partial charge is 0.383 e. The van der Waals surface area contributed by atoms with Gasteiger partial charge in [0.25, 0.3) is 0 Å². The Hall–Kier alpha value is -0.650. The lowest BCUT2D eigenvalue weighted by Crippen LogP contribution is -2.56. The van der Waals surface area contributed by atoms with Crippen LogP contribution < -0.4 is 5.32 Å². The average molecular weight is 215 g/mol. The molecule has 1 rings (SSSR count). The first-order valence-corrected chi connectivity index (χ1v) is 5.03. The lowest BCUT2D eigenvalue weighted by Gasteiger charge is -2.37. The van der Waals surface area contributed by atoms with E-state index in [0.717, 1.165) is 38.1 Å². The molecule has 0 aromatic carbocycles. The standard InChI is InChI=1S/C9H17N3OS/c1-3-4-12-8-11(5-6-13-2)7-10-9(12)14/h3H,1,4-8H2,2H3,(H,10,14). The summed E-state index contributed by atoms with van der Waals surface area (Å²) in [5, 5.41) is 3.96. The highest BCUT2D eigenvalue weighted by Crippen LogP contribution is 2.01. The molecule has 0 amide bonds. The van der Waals surface area contributed by atoms with Crippen molar-refractivity contribution in [2.24, 2.45) is 0 Å². The quantitative estimate of drug-likeness (QED) is 0.523. The number of methoxy groups -OCH3 is 1. The Bertz CT molecular complexity index is 210. The van der Waals surface area contributed by atoms with Gasteiger partial charge >= 0.3 is 0 Å². The van der Waals surface area contributed by atoms with E-state index in [9.17, 15) is 0 Å². The molecule has 0 saturated carbocycles. The van der Waals surface area contributed by atoms with Gasteiger partial charge in [-0.25, -0.2) is 0 Å². The van der Waals surface area contributed by atoms with E-state index in [1.54, 1.807) is 7.11 Å². The first kappa shape index (κ1) is 11.4. The maximum absolute atomic E-state index is 5.17. The van der Waals surface area contributed by atoms with Crippen LogP contribution in [-0.2, 0) is 4.74 Å². The van der Waals surface area contributed by atoms with Crippen LogP contribution in [0.5, 0.6) is 0 Å². The van der Waals surface area contributed by atoms with Crippen molar-refractivity contribution in [3.8, 4) is 0 Å².